The lowest BCUT2D eigenvalue weighted by atomic mass is 10.1. The summed E-state index contributed by atoms with van der Waals surface area (Å²) in [6.45, 7) is 0. The monoisotopic (exact) mass is 430 g/mol. The third kappa shape index (κ3) is 6.27. The maximum absolute atomic E-state index is 12.7. The van der Waals surface area contributed by atoms with Gasteiger partial charge in [0.2, 0.25) is 0 Å². The van der Waals surface area contributed by atoms with Gasteiger partial charge in [0.15, 0.2) is 18.3 Å². The minimum absolute atomic E-state index is 0.0738. The molecule has 148 valence electrons. The van der Waals surface area contributed by atoms with Crippen LogP contribution >= 0.6 is 11.6 Å². The second-order valence-corrected chi connectivity index (χ2v) is 5.98. The van der Waals surface area contributed by atoms with Crippen LogP contribution in [0.4, 0.5) is 11.4 Å². The van der Waals surface area contributed by atoms with Crippen molar-refractivity contribution < 1.29 is 23.7 Å². The van der Waals surface area contributed by atoms with Crippen molar-refractivity contribution in [1.29, 1.82) is 0 Å². The second-order valence-electron chi connectivity index (χ2n) is 5.55. The first kappa shape index (κ1) is 21.8. The van der Waals surface area contributed by atoms with Crippen LogP contribution in [0.2, 0.25) is 5.02 Å². The van der Waals surface area contributed by atoms with Crippen LogP contribution < -0.4 is 15.6 Å². The number of rotatable bonds is 6. The standard InChI is InChI=1S/C20H15ClN2O4.OS/c21-14-9-10-18(23-27-16-7-2-1-3-8-16)17(12-14)19(24)22-15-6-4-5-13(11-15)20(25)26;1-2/h1-12,23H,(H,22,24)(H,25,26);. The number of carbonyl (C=O) groups is 2. The topological polar surface area (TPSA) is 105 Å². The highest BCUT2D eigenvalue weighted by Crippen LogP contribution is 2.23. The number of para-hydroxylation sites is 1. The fraction of sp³-hybridized carbons (Fsp3) is 0. The zero-order valence-corrected chi connectivity index (χ0v) is 16.4. The summed E-state index contributed by atoms with van der Waals surface area (Å²) in [5.74, 6) is -0.959. The van der Waals surface area contributed by atoms with Crippen LogP contribution in [0.1, 0.15) is 20.7 Å². The lowest BCUT2D eigenvalue weighted by Gasteiger charge is -2.13. The Balaban J connectivity index is 0.00000145. The molecular weight excluding hydrogens is 416 g/mol. The van der Waals surface area contributed by atoms with Gasteiger partial charge in [-0.05, 0) is 48.5 Å². The van der Waals surface area contributed by atoms with Crippen LogP contribution in [0.15, 0.2) is 72.8 Å². The lowest BCUT2D eigenvalue weighted by Crippen LogP contribution is -2.16. The van der Waals surface area contributed by atoms with E-state index in [1.165, 1.54) is 18.2 Å². The fourth-order valence-corrected chi connectivity index (χ4v) is 2.50. The maximum atomic E-state index is 12.7. The Labute approximate surface area is 176 Å². The SMILES string of the molecule is O=C(O)c1cccc(NC(=O)c2cc(Cl)ccc2NOc2ccccc2)c1.O=S. The summed E-state index contributed by atoms with van der Waals surface area (Å²) in [6, 6.07) is 19.7. The highest BCUT2D eigenvalue weighted by atomic mass is 35.5. The number of nitrogens with one attached hydrogen (secondary N) is 2. The molecule has 0 aliphatic rings. The lowest BCUT2D eigenvalue weighted by molar-refractivity contribution is 0.0696. The molecule has 0 saturated carbocycles. The fourth-order valence-electron chi connectivity index (χ4n) is 2.32. The molecule has 0 aliphatic heterocycles. The number of aromatic carboxylic acids is 1. The second kappa shape index (κ2) is 10.7. The van der Waals surface area contributed by atoms with Crippen LogP contribution in [0.5, 0.6) is 5.75 Å². The van der Waals surface area contributed by atoms with E-state index in [0.717, 1.165) is 0 Å². The Kier molecular flexibility index (Phi) is 8.08. The first-order valence-corrected chi connectivity index (χ1v) is 8.83. The molecule has 0 heterocycles. The van der Waals surface area contributed by atoms with Crippen molar-refractivity contribution in [3.8, 4) is 5.75 Å². The molecule has 0 saturated heterocycles. The van der Waals surface area contributed by atoms with Crippen LogP contribution in [-0.4, -0.2) is 21.2 Å². The van der Waals surface area contributed by atoms with E-state index in [0.29, 0.717) is 22.1 Å². The van der Waals surface area contributed by atoms with Gasteiger partial charge in [0.1, 0.15) is 0 Å². The summed E-state index contributed by atoms with van der Waals surface area (Å²) in [5.41, 5.74) is 3.83. The van der Waals surface area contributed by atoms with Gasteiger partial charge in [0.05, 0.1) is 16.8 Å². The van der Waals surface area contributed by atoms with E-state index in [1.807, 2.05) is 18.2 Å². The van der Waals surface area contributed by atoms with E-state index in [9.17, 15) is 9.59 Å². The molecule has 9 heteroatoms. The third-order valence-corrected chi connectivity index (χ3v) is 3.85. The number of carbonyl (C=O) groups excluding carboxylic acids is 1. The summed E-state index contributed by atoms with van der Waals surface area (Å²) in [5, 5.41) is 12.1. The first-order valence-electron chi connectivity index (χ1n) is 8.12. The molecule has 7 nitrogen and oxygen atoms in total. The quantitative estimate of drug-likeness (QED) is 0.499. The number of carboxylic acid groups (broad SMARTS) is 1. The number of amides is 1. The van der Waals surface area contributed by atoms with Gasteiger partial charge >= 0.3 is 5.97 Å². The molecule has 0 bridgehead atoms. The van der Waals surface area contributed by atoms with Gasteiger partial charge < -0.3 is 15.3 Å². The molecule has 29 heavy (non-hydrogen) atoms. The normalized spacial score (nSPS) is 9.55. The smallest absolute Gasteiger partial charge is 0.335 e. The van der Waals surface area contributed by atoms with Crippen LogP contribution in [-0.2, 0) is 12.5 Å². The van der Waals surface area contributed by atoms with Gasteiger partial charge in [-0.2, -0.15) is 4.21 Å². The Hall–Kier alpha value is -3.49. The molecular formula is C20H15ClN2O5S. The van der Waals surface area contributed by atoms with Gasteiger partial charge in [-0.25, -0.2) is 10.3 Å². The molecule has 0 spiro atoms. The zero-order chi connectivity index (χ0) is 21.2. The van der Waals surface area contributed by atoms with Crippen molar-refractivity contribution in [2.75, 3.05) is 10.8 Å². The van der Waals surface area contributed by atoms with Crippen molar-refractivity contribution in [2.45, 2.75) is 0 Å². The molecule has 3 rings (SSSR count). The molecule has 0 unspecified atom stereocenters. The number of hydrogen-bond donors (Lipinski definition) is 3. The third-order valence-electron chi connectivity index (χ3n) is 3.62. The predicted molar refractivity (Wildman–Crippen MR) is 112 cm³/mol. The van der Waals surface area contributed by atoms with E-state index in [-0.39, 0.29) is 11.1 Å². The van der Waals surface area contributed by atoms with Crippen LogP contribution in [0.25, 0.3) is 0 Å². The minimum Gasteiger partial charge on any atom is -0.478 e. The van der Waals surface area contributed by atoms with E-state index in [4.69, 9.17) is 25.8 Å². The molecule has 1 amide bonds. The minimum atomic E-state index is -1.08. The van der Waals surface area contributed by atoms with Gasteiger partial charge in [-0.15, -0.1) is 0 Å². The summed E-state index contributed by atoms with van der Waals surface area (Å²) in [4.78, 5) is 29.2. The van der Waals surface area contributed by atoms with Crippen LogP contribution in [0.3, 0.4) is 0 Å². The number of anilines is 2. The predicted octanol–water partition coefficient (Wildman–Crippen LogP) is 4.36. The van der Waals surface area contributed by atoms with Crippen molar-refractivity contribution in [3.05, 3.63) is 88.9 Å². The summed E-state index contributed by atoms with van der Waals surface area (Å²) < 4.78 is 7.83. The van der Waals surface area contributed by atoms with E-state index >= 15 is 0 Å². The van der Waals surface area contributed by atoms with Gasteiger partial charge in [0, 0.05) is 10.7 Å². The molecule has 0 fully saturated rings. The number of benzene rings is 3. The number of hydrogen-bond acceptors (Lipinski definition) is 6. The average molecular weight is 431 g/mol. The summed E-state index contributed by atoms with van der Waals surface area (Å²) in [6.07, 6.45) is 0. The molecule has 0 atom stereocenters. The molecule has 0 aromatic heterocycles. The van der Waals surface area contributed by atoms with E-state index in [2.05, 4.69) is 23.3 Å². The maximum Gasteiger partial charge on any atom is 0.335 e. The Morgan fingerprint density at radius 2 is 1.66 bits per heavy atom. The highest BCUT2D eigenvalue weighted by Gasteiger charge is 2.14. The Bertz CT molecular complexity index is 1000. The Morgan fingerprint density at radius 3 is 2.34 bits per heavy atom. The molecule has 3 aromatic rings. The largest absolute Gasteiger partial charge is 0.478 e. The van der Waals surface area contributed by atoms with Crippen molar-refractivity contribution in [2.24, 2.45) is 0 Å². The van der Waals surface area contributed by atoms with Crippen LogP contribution in [0, 0.1) is 0 Å². The average Bonchev–Trinajstić information content (AvgIpc) is 2.75. The van der Waals surface area contributed by atoms with Crippen molar-refractivity contribution >= 4 is 47.4 Å². The highest BCUT2D eigenvalue weighted by molar-refractivity contribution is 7.44. The Morgan fingerprint density at radius 1 is 0.931 bits per heavy atom. The van der Waals surface area contributed by atoms with Gasteiger partial charge in [0.25, 0.3) is 5.91 Å². The van der Waals surface area contributed by atoms with Crippen molar-refractivity contribution in [1.82, 2.24) is 0 Å². The molecule has 3 aromatic carbocycles. The van der Waals surface area contributed by atoms with Crippen molar-refractivity contribution in [3.63, 3.8) is 0 Å². The summed E-state index contributed by atoms with van der Waals surface area (Å²) in [7, 11) is 0. The van der Waals surface area contributed by atoms with Gasteiger partial charge in [-0.1, -0.05) is 35.9 Å². The number of halogens is 1. The number of carboxylic acids is 1. The van der Waals surface area contributed by atoms with E-state index in [1.54, 1.807) is 36.4 Å². The molecule has 0 radical (unpaired) electrons. The molecule has 3 N–H and O–H groups in total. The zero-order valence-electron chi connectivity index (χ0n) is 14.8. The van der Waals surface area contributed by atoms with Gasteiger partial charge in [-0.3, -0.25) is 4.79 Å². The first-order chi connectivity index (χ1) is 14.0. The summed E-state index contributed by atoms with van der Waals surface area (Å²) >= 11 is 8.85. The van der Waals surface area contributed by atoms with E-state index < -0.39 is 11.9 Å². The molecule has 0 aliphatic carbocycles.